The van der Waals surface area contributed by atoms with Crippen molar-refractivity contribution < 1.29 is 14.3 Å². The molecule has 0 aromatic heterocycles. The van der Waals surface area contributed by atoms with Crippen LogP contribution in [0.25, 0.3) is 0 Å². The Morgan fingerprint density at radius 3 is 2.72 bits per heavy atom. The third-order valence-electron chi connectivity index (χ3n) is 3.01. The quantitative estimate of drug-likeness (QED) is 0.852. The number of benzene rings is 1. The maximum absolute atomic E-state index is 11.7. The topological polar surface area (TPSA) is 50.8 Å². The minimum Gasteiger partial charge on any atom is -0.493 e. The van der Waals surface area contributed by atoms with E-state index in [1.807, 2.05) is 23.1 Å². The molecule has 1 saturated heterocycles. The van der Waals surface area contributed by atoms with Crippen molar-refractivity contribution in [2.45, 2.75) is 6.54 Å². The largest absolute Gasteiger partial charge is 0.493 e. The summed E-state index contributed by atoms with van der Waals surface area (Å²) in [5.74, 6) is 1.53. The summed E-state index contributed by atoms with van der Waals surface area (Å²) in [5, 5.41) is 3.06. The molecule has 1 aliphatic rings. The third kappa shape index (κ3) is 2.73. The molecule has 5 heteroatoms. The average molecular weight is 250 g/mol. The molecule has 0 unspecified atom stereocenters. The predicted octanol–water partition coefficient (Wildman–Crippen LogP) is 0.636. The standard InChI is InChI=1S/C13H18N2O3/c1-17-11-4-3-10(7-12(11)18-2)9-15-6-5-14-8-13(15)16/h3-4,7,14H,5-6,8-9H2,1-2H3. The summed E-state index contributed by atoms with van der Waals surface area (Å²) < 4.78 is 10.4. The lowest BCUT2D eigenvalue weighted by atomic mass is 10.1. The predicted molar refractivity (Wildman–Crippen MR) is 67.8 cm³/mol. The SMILES string of the molecule is COc1ccc(CN2CCNCC2=O)cc1OC. The first-order valence-electron chi connectivity index (χ1n) is 5.94. The van der Waals surface area contributed by atoms with E-state index in [1.165, 1.54) is 0 Å². The van der Waals surface area contributed by atoms with Crippen LogP contribution in [-0.4, -0.2) is 44.7 Å². The van der Waals surface area contributed by atoms with E-state index in [4.69, 9.17) is 9.47 Å². The molecule has 1 aliphatic heterocycles. The van der Waals surface area contributed by atoms with Crippen LogP contribution in [0.3, 0.4) is 0 Å². The van der Waals surface area contributed by atoms with Gasteiger partial charge >= 0.3 is 0 Å². The van der Waals surface area contributed by atoms with Gasteiger partial charge in [0, 0.05) is 19.6 Å². The monoisotopic (exact) mass is 250 g/mol. The van der Waals surface area contributed by atoms with Crippen LogP contribution in [0.4, 0.5) is 0 Å². The summed E-state index contributed by atoms with van der Waals surface area (Å²) in [4.78, 5) is 13.5. The number of hydrogen-bond donors (Lipinski definition) is 1. The number of hydrogen-bond acceptors (Lipinski definition) is 4. The van der Waals surface area contributed by atoms with Crippen molar-refractivity contribution >= 4 is 5.91 Å². The number of amides is 1. The van der Waals surface area contributed by atoms with Crippen LogP contribution in [0.2, 0.25) is 0 Å². The third-order valence-corrected chi connectivity index (χ3v) is 3.01. The van der Waals surface area contributed by atoms with E-state index < -0.39 is 0 Å². The number of ether oxygens (including phenoxy) is 2. The Kier molecular flexibility index (Phi) is 4.04. The van der Waals surface area contributed by atoms with Crippen molar-refractivity contribution in [3.8, 4) is 11.5 Å². The highest BCUT2D eigenvalue weighted by Crippen LogP contribution is 2.28. The number of carbonyl (C=O) groups is 1. The summed E-state index contributed by atoms with van der Waals surface area (Å²) in [5.41, 5.74) is 1.04. The van der Waals surface area contributed by atoms with Gasteiger partial charge in [-0.3, -0.25) is 4.79 Å². The van der Waals surface area contributed by atoms with Gasteiger partial charge in [-0.05, 0) is 17.7 Å². The lowest BCUT2D eigenvalue weighted by molar-refractivity contribution is -0.132. The van der Waals surface area contributed by atoms with Crippen molar-refractivity contribution in [2.24, 2.45) is 0 Å². The number of carbonyl (C=O) groups excluding carboxylic acids is 1. The Balaban J connectivity index is 2.11. The zero-order chi connectivity index (χ0) is 13.0. The summed E-state index contributed by atoms with van der Waals surface area (Å²) in [7, 11) is 3.22. The average Bonchev–Trinajstić information content (AvgIpc) is 2.41. The van der Waals surface area contributed by atoms with Gasteiger partial charge in [0.2, 0.25) is 5.91 Å². The van der Waals surface area contributed by atoms with Gasteiger partial charge in [-0.2, -0.15) is 0 Å². The Labute approximate surface area is 107 Å². The van der Waals surface area contributed by atoms with Crippen molar-refractivity contribution in [3.05, 3.63) is 23.8 Å². The lowest BCUT2D eigenvalue weighted by Crippen LogP contribution is -2.47. The van der Waals surface area contributed by atoms with Gasteiger partial charge in [0.1, 0.15) is 0 Å². The highest BCUT2D eigenvalue weighted by molar-refractivity contribution is 5.79. The Morgan fingerprint density at radius 1 is 1.28 bits per heavy atom. The molecule has 1 amide bonds. The van der Waals surface area contributed by atoms with Crippen molar-refractivity contribution in [1.29, 1.82) is 0 Å². The van der Waals surface area contributed by atoms with E-state index in [0.29, 0.717) is 24.6 Å². The summed E-state index contributed by atoms with van der Waals surface area (Å²) in [6.07, 6.45) is 0. The highest BCUT2D eigenvalue weighted by Gasteiger charge is 2.18. The van der Waals surface area contributed by atoms with Gasteiger partial charge in [-0.1, -0.05) is 6.07 Å². The van der Waals surface area contributed by atoms with Gasteiger partial charge in [0.25, 0.3) is 0 Å². The second kappa shape index (κ2) is 5.73. The van der Waals surface area contributed by atoms with Crippen molar-refractivity contribution in [2.75, 3.05) is 33.9 Å². The fraction of sp³-hybridized carbons (Fsp3) is 0.462. The minimum atomic E-state index is 0.135. The number of methoxy groups -OCH3 is 2. The van der Waals surface area contributed by atoms with Crippen LogP contribution in [0.15, 0.2) is 18.2 Å². The van der Waals surface area contributed by atoms with E-state index in [9.17, 15) is 4.79 Å². The molecule has 1 aromatic carbocycles. The van der Waals surface area contributed by atoms with E-state index in [0.717, 1.165) is 18.7 Å². The molecular formula is C13H18N2O3. The molecule has 18 heavy (non-hydrogen) atoms. The highest BCUT2D eigenvalue weighted by atomic mass is 16.5. The number of nitrogens with one attached hydrogen (secondary N) is 1. The minimum absolute atomic E-state index is 0.135. The number of piperazine rings is 1. The first kappa shape index (κ1) is 12.7. The molecule has 0 bridgehead atoms. The Morgan fingerprint density at radius 2 is 2.06 bits per heavy atom. The van der Waals surface area contributed by atoms with E-state index in [2.05, 4.69) is 5.32 Å². The summed E-state index contributed by atoms with van der Waals surface area (Å²) in [6.45, 7) is 2.63. The molecule has 2 rings (SSSR count). The Hall–Kier alpha value is -1.75. The van der Waals surface area contributed by atoms with E-state index in [-0.39, 0.29) is 5.91 Å². The van der Waals surface area contributed by atoms with E-state index >= 15 is 0 Å². The normalized spacial score (nSPS) is 15.7. The van der Waals surface area contributed by atoms with Gasteiger partial charge in [0.15, 0.2) is 11.5 Å². The molecule has 1 heterocycles. The first-order valence-corrected chi connectivity index (χ1v) is 5.94. The van der Waals surface area contributed by atoms with Crippen molar-refractivity contribution in [3.63, 3.8) is 0 Å². The molecule has 0 aliphatic carbocycles. The fourth-order valence-corrected chi connectivity index (χ4v) is 2.01. The molecule has 0 saturated carbocycles. The van der Waals surface area contributed by atoms with Crippen LogP contribution in [0.5, 0.6) is 11.5 Å². The maximum atomic E-state index is 11.7. The van der Waals surface area contributed by atoms with E-state index in [1.54, 1.807) is 14.2 Å². The smallest absolute Gasteiger partial charge is 0.236 e. The lowest BCUT2D eigenvalue weighted by Gasteiger charge is -2.27. The van der Waals surface area contributed by atoms with Crippen molar-refractivity contribution in [1.82, 2.24) is 10.2 Å². The summed E-state index contributed by atoms with van der Waals surface area (Å²) >= 11 is 0. The zero-order valence-electron chi connectivity index (χ0n) is 10.7. The van der Waals surface area contributed by atoms with Gasteiger partial charge < -0.3 is 19.7 Å². The van der Waals surface area contributed by atoms with Gasteiger partial charge in [-0.25, -0.2) is 0 Å². The molecule has 0 radical (unpaired) electrons. The molecule has 5 nitrogen and oxygen atoms in total. The number of rotatable bonds is 4. The second-order valence-corrected chi connectivity index (χ2v) is 4.18. The molecule has 98 valence electrons. The van der Waals surface area contributed by atoms with Gasteiger partial charge in [-0.15, -0.1) is 0 Å². The second-order valence-electron chi connectivity index (χ2n) is 4.18. The molecule has 1 fully saturated rings. The maximum Gasteiger partial charge on any atom is 0.236 e. The molecule has 1 aromatic rings. The van der Waals surface area contributed by atoms with Crippen LogP contribution < -0.4 is 14.8 Å². The fourth-order valence-electron chi connectivity index (χ4n) is 2.01. The van der Waals surface area contributed by atoms with Crippen LogP contribution in [0.1, 0.15) is 5.56 Å². The molecular weight excluding hydrogens is 232 g/mol. The van der Waals surface area contributed by atoms with Crippen LogP contribution in [-0.2, 0) is 11.3 Å². The number of nitrogens with zero attached hydrogens (tertiary/aromatic N) is 1. The molecule has 1 N–H and O–H groups in total. The molecule has 0 spiro atoms. The molecule has 0 atom stereocenters. The van der Waals surface area contributed by atoms with Crippen LogP contribution >= 0.6 is 0 Å². The van der Waals surface area contributed by atoms with Crippen LogP contribution in [0, 0.1) is 0 Å². The van der Waals surface area contributed by atoms with Gasteiger partial charge in [0.05, 0.1) is 20.8 Å². The first-order chi connectivity index (χ1) is 8.74. The zero-order valence-corrected chi connectivity index (χ0v) is 10.7. The summed E-state index contributed by atoms with van der Waals surface area (Å²) in [6, 6.07) is 5.73. The Bertz CT molecular complexity index is 434.